The highest BCUT2D eigenvalue weighted by Crippen LogP contribution is 2.34. The minimum absolute atomic E-state index is 0.0169. The van der Waals surface area contributed by atoms with Crippen LogP contribution in [0.1, 0.15) is 76.9 Å². The lowest BCUT2D eigenvalue weighted by Crippen LogP contribution is -2.41. The number of nitrogens with two attached hydrogens (primary N) is 1. The molecular formula is C17H30N2S. The van der Waals surface area contributed by atoms with Crippen molar-refractivity contribution in [3.8, 4) is 0 Å². The van der Waals surface area contributed by atoms with E-state index in [4.69, 9.17) is 10.7 Å². The summed E-state index contributed by atoms with van der Waals surface area (Å²) < 4.78 is 0. The molecule has 0 radical (unpaired) electrons. The molecule has 2 atom stereocenters. The van der Waals surface area contributed by atoms with Gasteiger partial charge in [0.05, 0.1) is 10.7 Å². The molecule has 1 aromatic rings. The van der Waals surface area contributed by atoms with Crippen molar-refractivity contribution in [1.29, 1.82) is 0 Å². The Morgan fingerprint density at radius 1 is 1.35 bits per heavy atom. The maximum absolute atomic E-state index is 6.69. The van der Waals surface area contributed by atoms with E-state index in [1.165, 1.54) is 36.4 Å². The van der Waals surface area contributed by atoms with Gasteiger partial charge in [-0.15, -0.1) is 11.3 Å². The van der Waals surface area contributed by atoms with Crippen LogP contribution in [0.5, 0.6) is 0 Å². The average molecular weight is 295 g/mol. The van der Waals surface area contributed by atoms with Crippen LogP contribution >= 0.6 is 11.3 Å². The van der Waals surface area contributed by atoms with Gasteiger partial charge in [0.2, 0.25) is 0 Å². The molecule has 0 amide bonds. The summed E-state index contributed by atoms with van der Waals surface area (Å²) >= 11 is 1.79. The predicted octanol–water partition coefficient (Wildman–Crippen LogP) is 4.67. The highest BCUT2D eigenvalue weighted by Gasteiger charge is 2.30. The van der Waals surface area contributed by atoms with Crippen molar-refractivity contribution in [3.05, 3.63) is 16.1 Å². The van der Waals surface area contributed by atoms with Gasteiger partial charge >= 0.3 is 0 Å². The molecule has 1 heterocycles. The first-order valence-corrected chi connectivity index (χ1v) is 8.94. The van der Waals surface area contributed by atoms with Crippen LogP contribution in [-0.2, 0) is 11.8 Å². The van der Waals surface area contributed by atoms with E-state index < -0.39 is 0 Å². The summed E-state index contributed by atoms with van der Waals surface area (Å²) in [6.07, 6.45) is 8.53. The molecule has 2 nitrogen and oxygen atoms in total. The highest BCUT2D eigenvalue weighted by molar-refractivity contribution is 7.09. The van der Waals surface area contributed by atoms with Gasteiger partial charge in [0, 0.05) is 22.8 Å². The van der Waals surface area contributed by atoms with Crippen LogP contribution in [-0.4, -0.2) is 10.5 Å². The third-order valence-electron chi connectivity index (χ3n) is 4.74. The minimum atomic E-state index is -0.0169. The maximum atomic E-state index is 6.69. The number of nitrogens with zero attached hydrogens (tertiary/aromatic N) is 1. The van der Waals surface area contributed by atoms with Crippen molar-refractivity contribution < 1.29 is 0 Å². The third kappa shape index (κ3) is 4.05. The van der Waals surface area contributed by atoms with Crippen molar-refractivity contribution in [2.45, 2.75) is 83.6 Å². The van der Waals surface area contributed by atoms with Gasteiger partial charge in [0.1, 0.15) is 0 Å². The molecule has 3 heteroatoms. The number of hydrogen-bond donors (Lipinski definition) is 1. The van der Waals surface area contributed by atoms with E-state index in [1.54, 1.807) is 11.3 Å². The Kier molecular flexibility index (Phi) is 4.91. The lowest BCUT2D eigenvalue weighted by Gasteiger charge is -2.27. The molecular weight excluding hydrogens is 264 g/mol. The van der Waals surface area contributed by atoms with Crippen LogP contribution < -0.4 is 5.73 Å². The SMILES string of the molecule is CCC1CCCC(N)(Cc2nc(C(C)(C)C)cs2)CC1. The molecule has 20 heavy (non-hydrogen) atoms. The van der Waals surface area contributed by atoms with Gasteiger partial charge in [-0.3, -0.25) is 0 Å². The normalized spacial score (nSPS) is 28.4. The standard InChI is InChI=1S/C17H30N2S/c1-5-13-7-6-9-17(18,10-8-13)11-15-19-14(12-20-15)16(2,3)4/h12-13H,5-11,18H2,1-4H3. The Balaban J connectivity index is 2.03. The molecule has 0 spiro atoms. The van der Waals surface area contributed by atoms with Gasteiger partial charge in [0.25, 0.3) is 0 Å². The molecule has 1 saturated carbocycles. The monoisotopic (exact) mass is 294 g/mol. The first-order valence-electron chi connectivity index (χ1n) is 8.06. The first kappa shape index (κ1) is 16.0. The lowest BCUT2D eigenvalue weighted by molar-refractivity contribution is 0.357. The molecule has 1 fully saturated rings. The zero-order valence-corrected chi connectivity index (χ0v) is 14.4. The van der Waals surface area contributed by atoms with E-state index in [1.807, 2.05) is 0 Å². The van der Waals surface area contributed by atoms with E-state index >= 15 is 0 Å². The highest BCUT2D eigenvalue weighted by atomic mass is 32.1. The Morgan fingerprint density at radius 3 is 2.70 bits per heavy atom. The summed E-state index contributed by atoms with van der Waals surface area (Å²) in [6.45, 7) is 8.98. The van der Waals surface area contributed by atoms with E-state index in [0.717, 1.165) is 25.2 Å². The van der Waals surface area contributed by atoms with Gasteiger partial charge in [0.15, 0.2) is 0 Å². The summed E-state index contributed by atoms with van der Waals surface area (Å²) in [4.78, 5) is 4.83. The fraction of sp³-hybridized carbons (Fsp3) is 0.824. The molecule has 2 rings (SSSR count). The van der Waals surface area contributed by atoms with Crippen LogP contribution in [0.4, 0.5) is 0 Å². The quantitative estimate of drug-likeness (QED) is 0.823. The average Bonchev–Trinajstić information content (AvgIpc) is 2.73. The van der Waals surface area contributed by atoms with Gasteiger partial charge in [-0.2, -0.15) is 0 Å². The van der Waals surface area contributed by atoms with Gasteiger partial charge < -0.3 is 5.73 Å². The fourth-order valence-electron chi connectivity index (χ4n) is 3.13. The third-order valence-corrected chi connectivity index (χ3v) is 5.59. The summed E-state index contributed by atoms with van der Waals surface area (Å²) in [7, 11) is 0. The van der Waals surface area contributed by atoms with Crippen LogP contribution in [0, 0.1) is 5.92 Å². The number of rotatable bonds is 3. The zero-order valence-electron chi connectivity index (χ0n) is 13.5. The van der Waals surface area contributed by atoms with Gasteiger partial charge in [-0.25, -0.2) is 4.98 Å². The fourth-order valence-corrected chi connectivity index (χ4v) is 4.30. The Morgan fingerprint density at radius 2 is 2.10 bits per heavy atom. The van der Waals surface area contributed by atoms with Crippen LogP contribution in [0.25, 0.3) is 0 Å². The second-order valence-corrected chi connectivity index (χ2v) is 8.56. The topological polar surface area (TPSA) is 38.9 Å². The van der Waals surface area contributed by atoms with Crippen molar-refractivity contribution in [3.63, 3.8) is 0 Å². The molecule has 0 saturated heterocycles. The molecule has 1 aromatic heterocycles. The van der Waals surface area contributed by atoms with Crippen LogP contribution in [0.15, 0.2) is 5.38 Å². The van der Waals surface area contributed by atoms with E-state index in [9.17, 15) is 0 Å². The summed E-state index contributed by atoms with van der Waals surface area (Å²) in [6, 6.07) is 0. The molecule has 2 N–H and O–H groups in total. The van der Waals surface area contributed by atoms with E-state index in [-0.39, 0.29) is 11.0 Å². The van der Waals surface area contributed by atoms with E-state index in [2.05, 4.69) is 33.1 Å². The summed E-state index contributed by atoms with van der Waals surface area (Å²) in [5.74, 6) is 0.891. The second kappa shape index (κ2) is 6.15. The van der Waals surface area contributed by atoms with Crippen LogP contribution in [0.3, 0.4) is 0 Å². The molecule has 0 bridgehead atoms. The lowest BCUT2D eigenvalue weighted by atomic mass is 9.87. The molecule has 0 aromatic carbocycles. The Hall–Kier alpha value is -0.410. The molecule has 0 aliphatic heterocycles. The Labute approximate surface area is 128 Å². The second-order valence-electron chi connectivity index (χ2n) is 7.62. The number of hydrogen-bond acceptors (Lipinski definition) is 3. The molecule has 2 unspecified atom stereocenters. The van der Waals surface area contributed by atoms with Crippen molar-refractivity contribution >= 4 is 11.3 Å². The predicted molar refractivity (Wildman–Crippen MR) is 88.3 cm³/mol. The molecule has 1 aliphatic rings. The summed E-state index contributed by atoms with van der Waals surface area (Å²) in [5.41, 5.74) is 8.03. The summed E-state index contributed by atoms with van der Waals surface area (Å²) in [5, 5.41) is 3.44. The number of thiazole rings is 1. The maximum Gasteiger partial charge on any atom is 0.0946 e. The van der Waals surface area contributed by atoms with Crippen LogP contribution in [0.2, 0.25) is 0 Å². The first-order chi connectivity index (χ1) is 9.32. The van der Waals surface area contributed by atoms with Crippen molar-refractivity contribution in [2.24, 2.45) is 11.7 Å². The molecule has 1 aliphatic carbocycles. The van der Waals surface area contributed by atoms with E-state index in [0.29, 0.717) is 0 Å². The van der Waals surface area contributed by atoms with Crippen molar-refractivity contribution in [2.75, 3.05) is 0 Å². The molecule has 114 valence electrons. The van der Waals surface area contributed by atoms with Gasteiger partial charge in [-0.1, -0.05) is 47.0 Å². The smallest absolute Gasteiger partial charge is 0.0946 e. The number of aromatic nitrogens is 1. The minimum Gasteiger partial charge on any atom is -0.325 e. The van der Waals surface area contributed by atoms with Crippen molar-refractivity contribution in [1.82, 2.24) is 4.98 Å². The van der Waals surface area contributed by atoms with Gasteiger partial charge in [-0.05, 0) is 25.2 Å². The largest absolute Gasteiger partial charge is 0.325 e. The Bertz CT molecular complexity index is 432. The zero-order chi connectivity index (χ0) is 14.8.